The molecule has 156 valence electrons. The third-order valence-corrected chi connectivity index (χ3v) is 4.57. The first-order chi connectivity index (χ1) is 14.2. The minimum absolute atomic E-state index is 0.0190. The second-order valence-corrected chi connectivity index (χ2v) is 6.84. The molecule has 1 saturated carbocycles. The van der Waals surface area contributed by atoms with Gasteiger partial charge in [0.2, 0.25) is 5.90 Å². The number of rotatable bonds is 5. The van der Waals surface area contributed by atoms with E-state index in [0.29, 0.717) is 22.6 Å². The molecule has 30 heavy (non-hydrogen) atoms. The van der Waals surface area contributed by atoms with Gasteiger partial charge in [0.25, 0.3) is 5.88 Å². The second-order valence-electron chi connectivity index (χ2n) is 6.84. The monoisotopic (exact) mass is 421 g/mol. The van der Waals surface area contributed by atoms with Crippen LogP contribution in [0.2, 0.25) is 0 Å². The summed E-state index contributed by atoms with van der Waals surface area (Å²) in [7, 11) is 0. The topological polar surface area (TPSA) is 92.2 Å². The third-order valence-electron chi connectivity index (χ3n) is 4.57. The molecule has 0 atom stereocenters. The maximum atomic E-state index is 14.3. The Hall–Kier alpha value is -3.43. The van der Waals surface area contributed by atoms with Crippen LogP contribution in [0.4, 0.5) is 17.6 Å². The van der Waals surface area contributed by atoms with Gasteiger partial charge in [-0.05, 0) is 47.8 Å². The number of alkyl halides is 3. The largest absolute Gasteiger partial charge is 0.465 e. The number of fused-ring (bicyclic) bond motifs is 1. The number of benzene rings is 2. The molecule has 0 unspecified atom stereocenters. The number of aromatic nitrogens is 1. The second kappa shape index (κ2) is 7.43. The van der Waals surface area contributed by atoms with Gasteiger partial charge in [0.1, 0.15) is 5.82 Å². The van der Waals surface area contributed by atoms with Gasteiger partial charge in [-0.1, -0.05) is 12.1 Å². The number of hydrogen-bond acceptors (Lipinski definition) is 6. The third kappa shape index (κ3) is 4.12. The molecule has 0 amide bonds. The first kappa shape index (κ1) is 19.9. The fourth-order valence-electron chi connectivity index (χ4n) is 2.84. The van der Waals surface area contributed by atoms with Crippen molar-refractivity contribution in [3.05, 3.63) is 47.8 Å². The van der Waals surface area contributed by atoms with Crippen molar-refractivity contribution in [2.75, 3.05) is 6.61 Å². The van der Waals surface area contributed by atoms with Crippen LogP contribution in [0.25, 0.3) is 22.1 Å². The summed E-state index contributed by atoms with van der Waals surface area (Å²) in [5, 5.41) is 19.5. The molecule has 10 heteroatoms. The van der Waals surface area contributed by atoms with E-state index >= 15 is 0 Å². The molecule has 3 aromatic rings. The summed E-state index contributed by atoms with van der Waals surface area (Å²) >= 11 is 0. The Morgan fingerprint density at radius 3 is 2.57 bits per heavy atom. The average molecular weight is 421 g/mol. The van der Waals surface area contributed by atoms with Crippen LogP contribution in [0, 0.1) is 22.6 Å². The number of nitrogens with zero attached hydrogens (tertiary/aromatic N) is 1. The zero-order chi connectivity index (χ0) is 21.5. The zero-order valence-electron chi connectivity index (χ0n) is 15.3. The first-order valence-electron chi connectivity index (χ1n) is 8.95. The Labute approximate surface area is 167 Å². The summed E-state index contributed by atoms with van der Waals surface area (Å²) in [4.78, 5) is 0. The highest BCUT2D eigenvalue weighted by Gasteiger charge is 2.31. The summed E-state index contributed by atoms with van der Waals surface area (Å²) in [5.41, 5.74) is -0.469. The standard InChI is InChI=1S/C20H15F4N3O3/c21-15-8-12(20(22,23)24)4-5-13(15)11-3-6-16-14(7-11)19(27-30-16)28-9-17(25)29-18(26)10-1-2-10/h3-8,10,25-26H,1-2,9H2. The summed E-state index contributed by atoms with van der Waals surface area (Å²) in [6.07, 6.45) is -2.91. The van der Waals surface area contributed by atoms with Gasteiger partial charge in [0.05, 0.1) is 10.9 Å². The normalized spacial score (nSPS) is 14.0. The Morgan fingerprint density at radius 1 is 1.13 bits per heavy atom. The molecule has 0 radical (unpaired) electrons. The van der Waals surface area contributed by atoms with E-state index in [9.17, 15) is 17.6 Å². The highest BCUT2D eigenvalue weighted by Crippen LogP contribution is 2.35. The number of hydrogen-bond donors (Lipinski definition) is 2. The smallest absolute Gasteiger partial charge is 0.416 e. The quantitative estimate of drug-likeness (QED) is 0.327. The molecule has 1 aliphatic carbocycles. The highest BCUT2D eigenvalue weighted by molar-refractivity contribution is 5.92. The number of ether oxygens (including phenoxy) is 2. The van der Waals surface area contributed by atoms with Crippen LogP contribution < -0.4 is 4.74 Å². The maximum absolute atomic E-state index is 14.3. The van der Waals surface area contributed by atoms with Gasteiger partial charge in [-0.15, -0.1) is 0 Å². The van der Waals surface area contributed by atoms with Gasteiger partial charge in [0, 0.05) is 11.5 Å². The molecule has 1 aliphatic rings. The first-order valence-corrected chi connectivity index (χ1v) is 8.95. The molecular formula is C20H15F4N3O3. The summed E-state index contributed by atoms with van der Waals surface area (Å²) in [5.74, 6) is -1.19. The van der Waals surface area contributed by atoms with Gasteiger partial charge < -0.3 is 14.0 Å². The van der Waals surface area contributed by atoms with Crippen molar-refractivity contribution in [3.63, 3.8) is 0 Å². The van der Waals surface area contributed by atoms with E-state index in [1.165, 1.54) is 18.2 Å². The molecule has 6 nitrogen and oxygen atoms in total. The minimum atomic E-state index is -4.64. The zero-order valence-corrected chi connectivity index (χ0v) is 15.3. The molecule has 0 saturated heterocycles. The van der Waals surface area contributed by atoms with Crippen molar-refractivity contribution in [2.24, 2.45) is 5.92 Å². The van der Waals surface area contributed by atoms with E-state index in [1.54, 1.807) is 0 Å². The predicted molar refractivity (Wildman–Crippen MR) is 99.2 cm³/mol. The number of halogens is 4. The molecule has 2 aromatic carbocycles. The van der Waals surface area contributed by atoms with Crippen LogP contribution in [0.5, 0.6) is 5.88 Å². The molecule has 1 aromatic heterocycles. The Balaban J connectivity index is 1.54. The Bertz CT molecular complexity index is 1140. The Morgan fingerprint density at radius 2 is 1.90 bits per heavy atom. The Kier molecular flexibility index (Phi) is 4.92. The molecule has 4 rings (SSSR count). The molecule has 1 heterocycles. The lowest BCUT2D eigenvalue weighted by atomic mass is 10.0. The lowest BCUT2D eigenvalue weighted by Gasteiger charge is -2.10. The lowest BCUT2D eigenvalue weighted by Crippen LogP contribution is -2.19. The van der Waals surface area contributed by atoms with E-state index in [0.717, 1.165) is 25.0 Å². The maximum Gasteiger partial charge on any atom is 0.416 e. The van der Waals surface area contributed by atoms with Gasteiger partial charge in [-0.2, -0.15) is 13.2 Å². The van der Waals surface area contributed by atoms with Crippen LogP contribution in [-0.2, 0) is 10.9 Å². The van der Waals surface area contributed by atoms with Crippen molar-refractivity contribution in [1.82, 2.24) is 5.16 Å². The van der Waals surface area contributed by atoms with E-state index in [4.69, 9.17) is 24.8 Å². The van der Waals surface area contributed by atoms with E-state index < -0.39 is 17.6 Å². The highest BCUT2D eigenvalue weighted by atomic mass is 19.4. The SMILES string of the molecule is N=C(COc1noc2ccc(-c3ccc(C(F)(F)F)cc3F)cc12)OC(=N)C1CC1. The fraction of sp³-hybridized carbons (Fsp3) is 0.250. The van der Waals surface area contributed by atoms with Crippen LogP contribution in [0.15, 0.2) is 40.9 Å². The molecule has 1 fully saturated rings. The van der Waals surface area contributed by atoms with Gasteiger partial charge in [-0.25, -0.2) is 4.39 Å². The van der Waals surface area contributed by atoms with Gasteiger partial charge >= 0.3 is 6.18 Å². The number of nitrogens with one attached hydrogen (secondary N) is 2. The van der Waals surface area contributed by atoms with E-state index in [2.05, 4.69) is 5.16 Å². The van der Waals surface area contributed by atoms with Crippen molar-refractivity contribution < 1.29 is 31.6 Å². The van der Waals surface area contributed by atoms with Crippen LogP contribution >= 0.6 is 0 Å². The van der Waals surface area contributed by atoms with Crippen LogP contribution in [0.3, 0.4) is 0 Å². The van der Waals surface area contributed by atoms with Crippen molar-refractivity contribution >= 4 is 22.8 Å². The summed E-state index contributed by atoms with van der Waals surface area (Å²) in [6.45, 7) is -0.296. The lowest BCUT2D eigenvalue weighted by molar-refractivity contribution is -0.137. The van der Waals surface area contributed by atoms with Gasteiger partial charge in [-0.3, -0.25) is 10.8 Å². The molecule has 2 N–H and O–H groups in total. The van der Waals surface area contributed by atoms with Crippen molar-refractivity contribution in [3.8, 4) is 17.0 Å². The molecule has 0 spiro atoms. The van der Waals surface area contributed by atoms with Crippen LogP contribution in [-0.4, -0.2) is 23.6 Å². The fourth-order valence-corrected chi connectivity index (χ4v) is 2.84. The minimum Gasteiger partial charge on any atom is -0.465 e. The van der Waals surface area contributed by atoms with E-state index in [-0.39, 0.29) is 35.8 Å². The summed E-state index contributed by atoms with van der Waals surface area (Å²) in [6, 6.07) is 6.76. The predicted octanol–water partition coefficient (Wildman–Crippen LogP) is 5.41. The molecule has 0 aliphatic heterocycles. The van der Waals surface area contributed by atoms with E-state index in [1.807, 2.05) is 0 Å². The van der Waals surface area contributed by atoms with Crippen molar-refractivity contribution in [1.29, 1.82) is 10.8 Å². The molecule has 0 bridgehead atoms. The average Bonchev–Trinajstić information content (AvgIpc) is 3.46. The molecular weight excluding hydrogens is 406 g/mol. The summed E-state index contributed by atoms with van der Waals surface area (Å²) < 4.78 is 68.2. The van der Waals surface area contributed by atoms with Crippen molar-refractivity contribution in [2.45, 2.75) is 19.0 Å². The van der Waals surface area contributed by atoms with Crippen LogP contribution in [0.1, 0.15) is 18.4 Å². The van der Waals surface area contributed by atoms with Gasteiger partial charge in [0.15, 0.2) is 18.1 Å².